The summed E-state index contributed by atoms with van der Waals surface area (Å²) in [4.78, 5) is 12.7. The summed E-state index contributed by atoms with van der Waals surface area (Å²) >= 11 is 0. The molecule has 1 N–H and O–H groups in total. The van der Waals surface area contributed by atoms with Gasteiger partial charge in [0.25, 0.3) is 0 Å². The summed E-state index contributed by atoms with van der Waals surface area (Å²) in [5, 5.41) is 12.6. The van der Waals surface area contributed by atoms with Crippen molar-refractivity contribution < 1.29 is 17.9 Å². The predicted molar refractivity (Wildman–Crippen MR) is 138 cm³/mol. The highest BCUT2D eigenvalue weighted by Crippen LogP contribution is 2.30. The number of para-hydroxylation sites is 1. The molecule has 0 aliphatic heterocycles. The molecule has 0 radical (unpaired) electrons. The molecule has 184 valence electrons. The van der Waals surface area contributed by atoms with E-state index in [1.807, 2.05) is 35.0 Å². The molecule has 0 spiro atoms. The van der Waals surface area contributed by atoms with Crippen LogP contribution in [0.4, 0.5) is 5.69 Å². The molecule has 35 heavy (non-hydrogen) atoms. The number of ether oxygens (including phenoxy) is 1. The van der Waals surface area contributed by atoms with Crippen LogP contribution in [-0.4, -0.2) is 42.9 Å². The van der Waals surface area contributed by atoms with E-state index in [0.717, 1.165) is 16.5 Å². The molecule has 9 heteroatoms. The largest absolute Gasteiger partial charge is 0.492 e. The fourth-order valence-electron chi connectivity index (χ4n) is 3.88. The Morgan fingerprint density at radius 1 is 1.17 bits per heavy atom. The van der Waals surface area contributed by atoms with Crippen LogP contribution in [0.2, 0.25) is 0 Å². The molecule has 0 atom stereocenters. The Balaban J connectivity index is 1.86. The van der Waals surface area contributed by atoms with E-state index in [1.54, 1.807) is 39.0 Å². The van der Waals surface area contributed by atoms with Gasteiger partial charge in [0.2, 0.25) is 15.9 Å². The van der Waals surface area contributed by atoms with Crippen LogP contribution in [0.15, 0.2) is 59.6 Å². The van der Waals surface area contributed by atoms with Crippen LogP contribution in [0, 0.1) is 11.3 Å². The maximum Gasteiger partial charge on any atom is 0.248 e. The fourth-order valence-corrected chi connectivity index (χ4v) is 5.49. The van der Waals surface area contributed by atoms with Gasteiger partial charge >= 0.3 is 0 Å². The van der Waals surface area contributed by atoms with E-state index in [0.29, 0.717) is 38.3 Å². The molecule has 0 saturated carbocycles. The number of rotatable bonds is 11. The number of hydrogen-bond donors (Lipinski definition) is 1. The van der Waals surface area contributed by atoms with Gasteiger partial charge in [-0.2, -0.15) is 9.57 Å². The highest BCUT2D eigenvalue weighted by molar-refractivity contribution is 7.89. The number of carbonyl (C=O) groups is 1. The molecule has 1 aromatic heterocycles. The molecular formula is C26H30N4O4S. The molecule has 0 aliphatic rings. The number of anilines is 1. The smallest absolute Gasteiger partial charge is 0.248 e. The Morgan fingerprint density at radius 3 is 2.60 bits per heavy atom. The third-order valence-electron chi connectivity index (χ3n) is 5.53. The maximum atomic E-state index is 13.1. The first-order valence-electron chi connectivity index (χ1n) is 11.6. The van der Waals surface area contributed by atoms with Crippen molar-refractivity contribution in [2.75, 3.05) is 25.0 Å². The van der Waals surface area contributed by atoms with Crippen molar-refractivity contribution >= 4 is 38.6 Å². The molecule has 3 rings (SSSR count). The molecule has 2 aromatic carbocycles. The predicted octanol–water partition coefficient (Wildman–Crippen LogP) is 4.64. The lowest BCUT2D eigenvalue weighted by molar-refractivity contribution is -0.111. The van der Waals surface area contributed by atoms with E-state index in [9.17, 15) is 13.2 Å². The number of nitrogens with zero attached hydrogens (tertiary/aromatic N) is 3. The zero-order valence-corrected chi connectivity index (χ0v) is 21.0. The summed E-state index contributed by atoms with van der Waals surface area (Å²) in [6.07, 6.45) is 5.42. The first-order chi connectivity index (χ1) is 16.8. The lowest BCUT2D eigenvalue weighted by Gasteiger charge is -2.21. The third kappa shape index (κ3) is 5.91. The molecule has 3 aromatic rings. The van der Waals surface area contributed by atoms with Gasteiger partial charge in [0.05, 0.1) is 19.1 Å². The molecular weight excluding hydrogens is 464 g/mol. The minimum absolute atomic E-state index is 0.0189. The number of aromatic nitrogens is 1. The average Bonchev–Trinajstić information content (AvgIpc) is 3.20. The highest BCUT2D eigenvalue weighted by atomic mass is 32.2. The monoisotopic (exact) mass is 494 g/mol. The van der Waals surface area contributed by atoms with Crippen molar-refractivity contribution in [3.05, 3.63) is 60.3 Å². The summed E-state index contributed by atoms with van der Waals surface area (Å²) in [6.45, 7) is 6.86. The van der Waals surface area contributed by atoms with Crippen LogP contribution in [0.1, 0.15) is 32.8 Å². The molecule has 1 heterocycles. The van der Waals surface area contributed by atoms with E-state index < -0.39 is 15.9 Å². The fraction of sp³-hybridized carbons (Fsp3) is 0.308. The number of aryl methyl sites for hydroxylation is 1. The SMILES string of the molecule is CCOc1ccc(NC(=O)/C=C/c2cn(CCC#N)c3ccccc23)cc1S(=O)(=O)N(CC)CC. The summed E-state index contributed by atoms with van der Waals surface area (Å²) < 4.78 is 35.2. The Kier molecular flexibility index (Phi) is 8.68. The molecule has 1 amide bonds. The number of fused-ring (bicyclic) bond motifs is 1. The molecule has 0 fully saturated rings. The van der Waals surface area contributed by atoms with Crippen molar-refractivity contribution in [3.8, 4) is 11.8 Å². The molecule has 8 nitrogen and oxygen atoms in total. The second-order valence-electron chi connectivity index (χ2n) is 7.71. The van der Waals surface area contributed by atoms with Crippen molar-refractivity contribution in [1.29, 1.82) is 5.26 Å². The zero-order valence-electron chi connectivity index (χ0n) is 20.2. The van der Waals surface area contributed by atoms with E-state index >= 15 is 0 Å². The van der Waals surface area contributed by atoms with Crippen LogP contribution in [0.25, 0.3) is 17.0 Å². The van der Waals surface area contributed by atoms with Crippen LogP contribution < -0.4 is 10.1 Å². The molecule has 0 bridgehead atoms. The number of nitrogens with one attached hydrogen (secondary N) is 1. The van der Waals surface area contributed by atoms with Gasteiger partial charge in [0.1, 0.15) is 10.6 Å². The first-order valence-corrected chi connectivity index (χ1v) is 13.0. The number of nitriles is 1. The second kappa shape index (κ2) is 11.7. The van der Waals surface area contributed by atoms with Crippen LogP contribution in [-0.2, 0) is 21.4 Å². The van der Waals surface area contributed by atoms with Crippen LogP contribution in [0.5, 0.6) is 5.75 Å². The second-order valence-corrected chi connectivity index (χ2v) is 9.62. The Bertz CT molecular complexity index is 1370. The number of sulfonamides is 1. The topological polar surface area (TPSA) is 104 Å². The van der Waals surface area contributed by atoms with Crippen LogP contribution in [0.3, 0.4) is 0 Å². The highest BCUT2D eigenvalue weighted by Gasteiger charge is 2.26. The lowest BCUT2D eigenvalue weighted by atomic mass is 10.1. The van der Waals surface area contributed by atoms with E-state index in [-0.39, 0.29) is 10.6 Å². The van der Waals surface area contributed by atoms with Gasteiger partial charge < -0.3 is 14.6 Å². The molecule has 0 unspecified atom stereocenters. The Morgan fingerprint density at radius 2 is 1.91 bits per heavy atom. The molecule has 0 aliphatic carbocycles. The van der Waals surface area contributed by atoms with Gasteiger partial charge in [-0.05, 0) is 37.3 Å². The third-order valence-corrected chi connectivity index (χ3v) is 7.60. The Labute approximate surface area is 206 Å². The lowest BCUT2D eigenvalue weighted by Crippen LogP contribution is -2.31. The Hall–Kier alpha value is -3.61. The number of carbonyl (C=O) groups excluding carboxylic acids is 1. The number of hydrogen-bond acceptors (Lipinski definition) is 5. The van der Waals surface area contributed by atoms with Gasteiger partial charge in [-0.15, -0.1) is 0 Å². The number of benzene rings is 2. The standard InChI is InChI=1S/C26H30N4O4S/c1-4-30(5-2)35(32,33)25-18-21(13-14-24(25)34-6-3)28-26(31)15-12-20-19-29(17-9-16-27)23-11-8-7-10-22(20)23/h7-8,10-15,18-19H,4-6,9,17H2,1-3H3,(H,28,31)/b15-12+. The van der Waals surface area contributed by atoms with Gasteiger partial charge in [0, 0.05) is 54.1 Å². The van der Waals surface area contributed by atoms with E-state index in [4.69, 9.17) is 10.00 Å². The van der Waals surface area contributed by atoms with Gasteiger partial charge in [-0.1, -0.05) is 32.0 Å². The summed E-state index contributed by atoms with van der Waals surface area (Å²) in [6, 6.07) is 14.5. The van der Waals surface area contributed by atoms with Crippen molar-refractivity contribution in [2.24, 2.45) is 0 Å². The van der Waals surface area contributed by atoms with Gasteiger partial charge in [0.15, 0.2) is 0 Å². The van der Waals surface area contributed by atoms with E-state index in [2.05, 4.69) is 11.4 Å². The van der Waals surface area contributed by atoms with Crippen LogP contribution >= 0.6 is 0 Å². The minimum atomic E-state index is -3.78. The van der Waals surface area contributed by atoms with Gasteiger partial charge in [-0.3, -0.25) is 4.79 Å². The van der Waals surface area contributed by atoms with Crippen molar-refractivity contribution in [3.63, 3.8) is 0 Å². The quantitative estimate of drug-likeness (QED) is 0.391. The minimum Gasteiger partial charge on any atom is -0.492 e. The zero-order chi connectivity index (χ0) is 25.4. The maximum absolute atomic E-state index is 13.1. The van der Waals surface area contributed by atoms with Gasteiger partial charge in [-0.25, -0.2) is 8.42 Å². The summed E-state index contributed by atoms with van der Waals surface area (Å²) in [5.74, 6) is -0.146. The summed E-state index contributed by atoms with van der Waals surface area (Å²) in [7, 11) is -3.78. The van der Waals surface area contributed by atoms with Crippen molar-refractivity contribution in [2.45, 2.75) is 38.6 Å². The summed E-state index contributed by atoms with van der Waals surface area (Å²) in [5.41, 5.74) is 2.19. The van der Waals surface area contributed by atoms with Crippen molar-refractivity contribution in [1.82, 2.24) is 8.87 Å². The average molecular weight is 495 g/mol. The normalized spacial score (nSPS) is 11.7. The molecule has 0 saturated heterocycles. The number of amides is 1. The van der Waals surface area contributed by atoms with E-state index in [1.165, 1.54) is 16.4 Å². The first kappa shape index (κ1) is 26.0.